The number of hydrogen-bond acceptors (Lipinski definition) is 3. The molecule has 1 aliphatic rings. The van der Waals surface area contributed by atoms with Gasteiger partial charge in [0.15, 0.2) is 0 Å². The number of aryl methyl sites for hydroxylation is 1. The van der Waals surface area contributed by atoms with E-state index in [1.54, 1.807) is 4.57 Å². The summed E-state index contributed by atoms with van der Waals surface area (Å²) < 4.78 is 29.6. The van der Waals surface area contributed by atoms with Gasteiger partial charge in [-0.2, -0.15) is 5.10 Å². The average Bonchev–Trinajstić information content (AvgIpc) is 2.69. The van der Waals surface area contributed by atoms with Gasteiger partial charge in [0.05, 0.1) is 0 Å². The molecule has 0 spiro atoms. The Morgan fingerprint density at radius 1 is 1.22 bits per heavy atom. The summed E-state index contributed by atoms with van der Waals surface area (Å²) in [6.45, 7) is 0.199. The molecule has 0 fully saturated rings. The Labute approximate surface area is 130 Å². The number of carbonyl (C=O) groups is 1. The predicted molar refractivity (Wildman–Crippen MR) is 79.0 cm³/mol. The van der Waals surface area contributed by atoms with Crippen LogP contribution in [-0.4, -0.2) is 20.3 Å². The molecule has 2 heterocycles. The van der Waals surface area contributed by atoms with Crippen LogP contribution in [0.25, 0.3) is 0 Å². The minimum Gasteiger partial charge on any atom is -0.320 e. The summed E-state index contributed by atoms with van der Waals surface area (Å²) >= 11 is 0. The van der Waals surface area contributed by atoms with Gasteiger partial charge in [0.1, 0.15) is 29.7 Å². The number of carbonyl (C=O) groups excluding carboxylic acids is 1. The van der Waals surface area contributed by atoms with Gasteiger partial charge in [-0.05, 0) is 25.0 Å². The zero-order valence-corrected chi connectivity index (χ0v) is 12.4. The molecule has 0 saturated carbocycles. The summed E-state index contributed by atoms with van der Waals surface area (Å²) in [7, 11) is 0. The minimum absolute atomic E-state index is 0.369. The first-order chi connectivity index (χ1) is 11.1. The fourth-order valence-electron chi connectivity index (χ4n) is 2.66. The average molecular weight is 322 g/mol. The van der Waals surface area contributed by atoms with Gasteiger partial charge in [0.2, 0.25) is 5.91 Å². The molecule has 0 unspecified atom stereocenters. The molecule has 0 aliphatic carbocycles. The molecule has 122 valence electrons. The van der Waals surface area contributed by atoms with Crippen LogP contribution < -0.4 is 11.0 Å². The van der Waals surface area contributed by atoms with E-state index in [-0.39, 0.29) is 12.2 Å². The quantitative estimate of drug-likeness (QED) is 0.935. The zero-order chi connectivity index (χ0) is 16.4. The summed E-state index contributed by atoms with van der Waals surface area (Å²) in [5, 5.41) is 6.30. The van der Waals surface area contributed by atoms with Crippen molar-refractivity contribution in [3.05, 3.63) is 46.1 Å². The fourth-order valence-corrected chi connectivity index (χ4v) is 2.66. The number of nitrogens with one attached hydrogen (secondary N) is 1. The first kappa shape index (κ1) is 15.4. The molecule has 1 amide bonds. The highest BCUT2D eigenvalue weighted by molar-refractivity contribution is 5.90. The van der Waals surface area contributed by atoms with Crippen LogP contribution >= 0.6 is 0 Å². The SMILES string of the molecule is O=C(Cn1nc2n(c1=O)CCCCC2)Nc1c(F)cccc1F. The van der Waals surface area contributed by atoms with Crippen molar-refractivity contribution >= 4 is 11.6 Å². The maximum atomic E-state index is 13.5. The van der Waals surface area contributed by atoms with Crippen LogP contribution in [0.2, 0.25) is 0 Å². The lowest BCUT2D eigenvalue weighted by Gasteiger charge is -2.07. The van der Waals surface area contributed by atoms with Crippen molar-refractivity contribution in [2.24, 2.45) is 0 Å². The molecule has 3 rings (SSSR count). The monoisotopic (exact) mass is 322 g/mol. The summed E-state index contributed by atoms with van der Waals surface area (Å²) in [5.41, 5.74) is -0.891. The van der Waals surface area contributed by atoms with Crippen LogP contribution in [0.15, 0.2) is 23.0 Å². The van der Waals surface area contributed by atoms with Crippen LogP contribution in [0.1, 0.15) is 25.1 Å². The van der Waals surface area contributed by atoms with Gasteiger partial charge >= 0.3 is 5.69 Å². The van der Waals surface area contributed by atoms with Crippen molar-refractivity contribution in [1.29, 1.82) is 0 Å². The van der Waals surface area contributed by atoms with E-state index in [1.807, 2.05) is 0 Å². The smallest absolute Gasteiger partial charge is 0.320 e. The lowest BCUT2D eigenvalue weighted by Crippen LogP contribution is -2.30. The van der Waals surface area contributed by atoms with Crippen molar-refractivity contribution in [2.45, 2.75) is 38.8 Å². The fraction of sp³-hybridized carbons (Fsp3) is 0.400. The number of aromatic nitrogens is 3. The van der Waals surface area contributed by atoms with Crippen molar-refractivity contribution < 1.29 is 13.6 Å². The van der Waals surface area contributed by atoms with Gasteiger partial charge in [-0.25, -0.2) is 18.3 Å². The molecule has 1 aromatic heterocycles. The van der Waals surface area contributed by atoms with E-state index >= 15 is 0 Å². The zero-order valence-electron chi connectivity index (χ0n) is 12.4. The third-order valence-corrected chi connectivity index (χ3v) is 3.80. The van der Waals surface area contributed by atoms with Crippen molar-refractivity contribution in [2.75, 3.05) is 5.32 Å². The highest BCUT2D eigenvalue weighted by Gasteiger charge is 2.18. The highest BCUT2D eigenvalue weighted by Crippen LogP contribution is 2.17. The topological polar surface area (TPSA) is 68.9 Å². The third-order valence-electron chi connectivity index (χ3n) is 3.80. The van der Waals surface area contributed by atoms with E-state index in [4.69, 9.17) is 0 Å². The Bertz CT molecular complexity index is 777. The number of amides is 1. The van der Waals surface area contributed by atoms with Crippen molar-refractivity contribution in [3.63, 3.8) is 0 Å². The van der Waals surface area contributed by atoms with E-state index in [0.717, 1.165) is 36.1 Å². The summed E-state index contributed by atoms with van der Waals surface area (Å²) in [6.07, 6.45) is 3.57. The molecular formula is C15H16F2N4O2. The third kappa shape index (κ3) is 3.15. The van der Waals surface area contributed by atoms with Gasteiger partial charge in [0.25, 0.3) is 0 Å². The lowest BCUT2D eigenvalue weighted by atomic mass is 10.2. The second-order valence-electron chi connectivity index (χ2n) is 5.46. The molecule has 6 nitrogen and oxygen atoms in total. The Morgan fingerprint density at radius 2 is 1.96 bits per heavy atom. The number of hydrogen-bond donors (Lipinski definition) is 1. The Kier molecular flexibility index (Phi) is 4.22. The van der Waals surface area contributed by atoms with Gasteiger partial charge in [-0.15, -0.1) is 0 Å². The van der Waals surface area contributed by atoms with E-state index in [9.17, 15) is 18.4 Å². The lowest BCUT2D eigenvalue weighted by molar-refractivity contribution is -0.117. The normalized spacial score (nSPS) is 14.2. The summed E-state index contributed by atoms with van der Waals surface area (Å²) in [5.74, 6) is -1.79. The molecular weight excluding hydrogens is 306 g/mol. The molecule has 1 N–H and O–H groups in total. The van der Waals surface area contributed by atoms with Gasteiger partial charge < -0.3 is 5.32 Å². The summed E-state index contributed by atoms with van der Waals surface area (Å²) in [4.78, 5) is 24.2. The molecule has 1 aliphatic heterocycles. The van der Waals surface area contributed by atoms with Gasteiger partial charge in [-0.1, -0.05) is 12.5 Å². The summed E-state index contributed by atoms with van der Waals surface area (Å²) in [6, 6.07) is 3.30. The highest BCUT2D eigenvalue weighted by atomic mass is 19.1. The number of benzene rings is 1. The van der Waals surface area contributed by atoms with Crippen LogP contribution in [0.4, 0.5) is 14.5 Å². The van der Waals surface area contributed by atoms with E-state index < -0.39 is 23.2 Å². The number of para-hydroxylation sites is 1. The van der Waals surface area contributed by atoms with Crippen LogP contribution in [0.3, 0.4) is 0 Å². The maximum Gasteiger partial charge on any atom is 0.346 e. The second kappa shape index (κ2) is 6.31. The molecule has 2 aromatic rings. The maximum absolute atomic E-state index is 13.5. The Balaban J connectivity index is 1.77. The molecule has 0 bridgehead atoms. The molecule has 1 aromatic carbocycles. The Hall–Kier alpha value is -2.51. The predicted octanol–water partition coefficient (Wildman–Crippen LogP) is 1.69. The van der Waals surface area contributed by atoms with E-state index in [1.165, 1.54) is 6.07 Å². The second-order valence-corrected chi connectivity index (χ2v) is 5.46. The number of rotatable bonds is 3. The number of halogens is 2. The molecule has 0 saturated heterocycles. The number of anilines is 1. The molecule has 8 heteroatoms. The molecule has 23 heavy (non-hydrogen) atoms. The Morgan fingerprint density at radius 3 is 2.70 bits per heavy atom. The first-order valence-electron chi connectivity index (χ1n) is 7.46. The largest absolute Gasteiger partial charge is 0.346 e. The number of nitrogens with zero attached hydrogens (tertiary/aromatic N) is 3. The number of fused-ring (bicyclic) bond motifs is 1. The van der Waals surface area contributed by atoms with Crippen LogP contribution in [0, 0.1) is 11.6 Å². The van der Waals surface area contributed by atoms with E-state index in [2.05, 4.69) is 10.4 Å². The standard InChI is InChI=1S/C15H16F2N4O2/c16-10-5-4-6-11(17)14(10)18-13(22)9-21-15(23)20-8-3-1-2-7-12(20)19-21/h4-6H,1-3,7-9H2,(H,18,22). The van der Waals surface area contributed by atoms with E-state index in [0.29, 0.717) is 18.8 Å². The van der Waals surface area contributed by atoms with Crippen molar-refractivity contribution in [1.82, 2.24) is 14.3 Å². The van der Waals surface area contributed by atoms with Gasteiger partial charge in [0, 0.05) is 13.0 Å². The van der Waals surface area contributed by atoms with Crippen molar-refractivity contribution in [3.8, 4) is 0 Å². The van der Waals surface area contributed by atoms with Crippen LogP contribution in [-0.2, 0) is 24.3 Å². The van der Waals surface area contributed by atoms with Gasteiger partial charge in [-0.3, -0.25) is 9.36 Å². The minimum atomic E-state index is -0.869. The first-order valence-corrected chi connectivity index (χ1v) is 7.46. The van der Waals surface area contributed by atoms with Crippen LogP contribution in [0.5, 0.6) is 0 Å². The molecule has 0 atom stereocenters. The molecule has 0 radical (unpaired) electrons.